The van der Waals surface area contributed by atoms with E-state index in [4.69, 9.17) is 11.6 Å². The summed E-state index contributed by atoms with van der Waals surface area (Å²) in [4.78, 5) is 17.4. The summed E-state index contributed by atoms with van der Waals surface area (Å²) in [7, 11) is 0. The topological polar surface area (TPSA) is 77.1 Å². The van der Waals surface area contributed by atoms with Crippen molar-refractivity contribution in [3.63, 3.8) is 0 Å². The number of carbonyl (C=O) groups excluding carboxylic acids is 1. The van der Waals surface area contributed by atoms with Crippen LogP contribution in [0, 0.1) is 5.82 Å². The van der Waals surface area contributed by atoms with Crippen molar-refractivity contribution in [2.24, 2.45) is 0 Å². The third-order valence-electron chi connectivity index (χ3n) is 6.33. The van der Waals surface area contributed by atoms with Gasteiger partial charge < -0.3 is 5.32 Å². The van der Waals surface area contributed by atoms with Crippen molar-refractivity contribution < 1.29 is 22.4 Å². The summed E-state index contributed by atoms with van der Waals surface area (Å²) in [6.07, 6.45) is -3.27. The highest BCUT2D eigenvalue weighted by Crippen LogP contribution is 2.33. The normalized spacial score (nSPS) is 11.9. The largest absolute Gasteiger partial charge is 0.433 e. The molecule has 0 aliphatic rings. The molecule has 1 N–H and O–H groups in total. The lowest BCUT2D eigenvalue weighted by atomic mass is 10.0. The van der Waals surface area contributed by atoms with E-state index < -0.39 is 23.6 Å². The molecule has 3 heterocycles. The van der Waals surface area contributed by atoms with Crippen molar-refractivity contribution in [2.45, 2.75) is 12.7 Å². The average Bonchev–Trinajstić information content (AvgIpc) is 3.52. The molecular formula is C28H16BrClF4N6O. The molecule has 7 nitrogen and oxygen atoms in total. The van der Waals surface area contributed by atoms with Crippen molar-refractivity contribution in [3.8, 4) is 11.3 Å². The molecule has 0 atom stereocenters. The van der Waals surface area contributed by atoms with Gasteiger partial charge in [0.25, 0.3) is 5.91 Å². The molecule has 206 valence electrons. The number of alkyl halides is 3. The lowest BCUT2D eigenvalue weighted by molar-refractivity contribution is -0.142. The number of hydrogen-bond acceptors (Lipinski definition) is 4. The number of rotatable bonds is 5. The second-order valence-corrected chi connectivity index (χ2v) is 10.3. The van der Waals surface area contributed by atoms with Gasteiger partial charge in [-0.25, -0.2) is 13.9 Å². The Balaban J connectivity index is 1.33. The Morgan fingerprint density at radius 3 is 2.51 bits per heavy atom. The second kappa shape index (κ2) is 10.3. The second-order valence-electron chi connectivity index (χ2n) is 9.06. The summed E-state index contributed by atoms with van der Waals surface area (Å²) in [5, 5.41) is 12.6. The summed E-state index contributed by atoms with van der Waals surface area (Å²) < 4.78 is 58.7. The minimum Gasteiger partial charge on any atom is -0.303 e. The number of aromatic nitrogens is 5. The summed E-state index contributed by atoms with van der Waals surface area (Å²) in [5.74, 6) is -1.28. The Morgan fingerprint density at radius 1 is 0.976 bits per heavy atom. The van der Waals surface area contributed by atoms with E-state index in [0.717, 1.165) is 16.8 Å². The number of amides is 1. The highest BCUT2D eigenvalue weighted by molar-refractivity contribution is 9.10. The number of benzene rings is 3. The van der Waals surface area contributed by atoms with Crippen LogP contribution in [0.1, 0.15) is 21.7 Å². The molecule has 0 saturated heterocycles. The minimum absolute atomic E-state index is 0.0231. The minimum atomic E-state index is -4.78. The van der Waals surface area contributed by atoms with Crippen LogP contribution in [0.4, 0.5) is 23.4 Å². The molecule has 0 spiro atoms. The van der Waals surface area contributed by atoms with E-state index in [9.17, 15) is 22.4 Å². The van der Waals surface area contributed by atoms with Crippen LogP contribution in [0.3, 0.4) is 0 Å². The van der Waals surface area contributed by atoms with Crippen LogP contribution in [-0.2, 0) is 12.7 Å². The molecule has 0 aliphatic heterocycles. The van der Waals surface area contributed by atoms with Gasteiger partial charge >= 0.3 is 6.18 Å². The van der Waals surface area contributed by atoms with E-state index in [1.807, 2.05) is 24.3 Å². The fraction of sp³-hybridized carbons (Fsp3) is 0.0714. The Kier molecular flexibility index (Phi) is 6.74. The predicted molar refractivity (Wildman–Crippen MR) is 149 cm³/mol. The number of nitrogens with zero attached hydrogens (tertiary/aromatic N) is 5. The molecule has 3 aromatic carbocycles. The van der Waals surface area contributed by atoms with Crippen LogP contribution in [0.25, 0.3) is 27.7 Å². The van der Waals surface area contributed by atoms with Gasteiger partial charge in [0, 0.05) is 28.4 Å². The molecule has 13 heteroatoms. The lowest BCUT2D eigenvalue weighted by Gasteiger charge is -2.11. The Labute approximate surface area is 242 Å². The van der Waals surface area contributed by atoms with Gasteiger partial charge in [-0.1, -0.05) is 54.1 Å². The monoisotopic (exact) mass is 642 g/mol. The zero-order valence-corrected chi connectivity index (χ0v) is 23.0. The first kappa shape index (κ1) is 26.9. The number of anilines is 1. The van der Waals surface area contributed by atoms with Gasteiger partial charge in [0.05, 0.1) is 16.7 Å². The third-order valence-corrected chi connectivity index (χ3v) is 7.26. The van der Waals surface area contributed by atoms with Crippen molar-refractivity contribution in [3.05, 3.63) is 111 Å². The van der Waals surface area contributed by atoms with E-state index in [-0.39, 0.29) is 40.0 Å². The average molecular weight is 644 g/mol. The smallest absolute Gasteiger partial charge is 0.303 e. The van der Waals surface area contributed by atoms with Gasteiger partial charge in [0.2, 0.25) is 0 Å². The van der Waals surface area contributed by atoms with Crippen LogP contribution in [-0.4, -0.2) is 30.3 Å². The van der Waals surface area contributed by atoms with Gasteiger partial charge in [0.1, 0.15) is 5.82 Å². The van der Waals surface area contributed by atoms with E-state index in [2.05, 4.69) is 36.4 Å². The van der Waals surface area contributed by atoms with Crippen molar-refractivity contribution in [1.82, 2.24) is 24.4 Å². The predicted octanol–water partition coefficient (Wildman–Crippen LogP) is 7.62. The fourth-order valence-corrected chi connectivity index (χ4v) is 5.00. The number of carbonyl (C=O) groups is 1. The van der Waals surface area contributed by atoms with Crippen LogP contribution >= 0.6 is 27.5 Å². The van der Waals surface area contributed by atoms with Crippen molar-refractivity contribution >= 4 is 55.7 Å². The standard InChI is InChI=1S/C28H16BrClF4N6O/c29-19-14-39(13-18-20(30)6-3-7-21(18)31)38-26(19)36-27(41)23-12-25-35-22(11-24(28(32,33)34)40(25)37-23)17-9-8-15-4-1-2-5-16(15)10-17/h1-12,14H,13H2,(H,36,38,41). The number of nitrogens with one attached hydrogen (secondary N) is 1. The first-order chi connectivity index (χ1) is 19.6. The van der Waals surface area contributed by atoms with Gasteiger partial charge in [-0.15, -0.1) is 0 Å². The fourth-order valence-electron chi connectivity index (χ4n) is 4.36. The lowest BCUT2D eigenvalue weighted by Crippen LogP contribution is -2.16. The van der Waals surface area contributed by atoms with E-state index in [1.165, 1.54) is 29.1 Å². The quantitative estimate of drug-likeness (QED) is 0.196. The van der Waals surface area contributed by atoms with Crippen molar-refractivity contribution in [2.75, 3.05) is 5.32 Å². The molecule has 0 fully saturated rings. The molecule has 0 unspecified atom stereocenters. The van der Waals surface area contributed by atoms with Crippen LogP contribution in [0.2, 0.25) is 5.02 Å². The summed E-state index contributed by atoms with van der Waals surface area (Å²) >= 11 is 9.37. The number of halogens is 6. The summed E-state index contributed by atoms with van der Waals surface area (Å²) in [6.45, 7) is -0.0231. The van der Waals surface area contributed by atoms with E-state index >= 15 is 0 Å². The number of fused-ring (bicyclic) bond motifs is 2. The van der Waals surface area contributed by atoms with Crippen LogP contribution in [0.15, 0.2) is 83.5 Å². The molecule has 0 saturated carbocycles. The Morgan fingerprint density at radius 2 is 1.76 bits per heavy atom. The maximum absolute atomic E-state index is 14.2. The van der Waals surface area contributed by atoms with E-state index in [0.29, 0.717) is 14.6 Å². The van der Waals surface area contributed by atoms with Crippen LogP contribution < -0.4 is 5.32 Å². The number of hydrogen-bond donors (Lipinski definition) is 1. The molecule has 0 radical (unpaired) electrons. The highest BCUT2D eigenvalue weighted by atomic mass is 79.9. The summed E-state index contributed by atoms with van der Waals surface area (Å²) in [6, 6.07) is 19.0. The van der Waals surface area contributed by atoms with Crippen LogP contribution in [0.5, 0.6) is 0 Å². The van der Waals surface area contributed by atoms with Gasteiger partial charge in [0.15, 0.2) is 22.9 Å². The zero-order valence-electron chi connectivity index (χ0n) is 20.6. The van der Waals surface area contributed by atoms with E-state index in [1.54, 1.807) is 24.3 Å². The van der Waals surface area contributed by atoms with Gasteiger partial charge in [-0.05, 0) is 51.0 Å². The SMILES string of the molecule is O=C(Nc1nn(Cc2c(F)cccc2Cl)cc1Br)c1cc2nc(-c3ccc4ccccc4c3)cc(C(F)(F)F)n2n1. The molecular weight excluding hydrogens is 628 g/mol. The maximum atomic E-state index is 14.2. The molecule has 41 heavy (non-hydrogen) atoms. The molecule has 1 amide bonds. The maximum Gasteiger partial charge on any atom is 0.433 e. The molecule has 0 bridgehead atoms. The zero-order chi connectivity index (χ0) is 28.9. The third kappa shape index (κ3) is 5.27. The Hall–Kier alpha value is -4.29. The summed E-state index contributed by atoms with van der Waals surface area (Å²) in [5.41, 5.74) is -0.791. The molecule has 3 aromatic heterocycles. The molecule has 6 aromatic rings. The first-order valence-electron chi connectivity index (χ1n) is 12.0. The van der Waals surface area contributed by atoms with Gasteiger partial charge in [-0.3, -0.25) is 9.48 Å². The first-order valence-corrected chi connectivity index (χ1v) is 13.2. The molecule has 0 aliphatic carbocycles. The molecule has 6 rings (SSSR count). The van der Waals surface area contributed by atoms with Gasteiger partial charge in [-0.2, -0.15) is 23.4 Å². The van der Waals surface area contributed by atoms with Crippen molar-refractivity contribution in [1.29, 1.82) is 0 Å². The highest BCUT2D eigenvalue weighted by Gasteiger charge is 2.36. The Bertz CT molecular complexity index is 1950.